The Hall–Kier alpha value is -2.82. The molecule has 0 aromatic heterocycles. The molecule has 3 unspecified atom stereocenters. The zero-order valence-electron chi connectivity index (χ0n) is 19.1. The highest BCUT2D eigenvalue weighted by molar-refractivity contribution is 5.94. The molecule has 3 aliphatic rings. The fourth-order valence-corrected chi connectivity index (χ4v) is 6.23. The molecule has 0 spiro atoms. The molecule has 0 saturated heterocycles. The predicted octanol–water partition coefficient (Wildman–Crippen LogP) is 5.18. The van der Waals surface area contributed by atoms with Gasteiger partial charge in [0.25, 0.3) is 5.91 Å². The molecule has 33 heavy (non-hydrogen) atoms. The second-order valence-corrected chi connectivity index (χ2v) is 10.2. The lowest BCUT2D eigenvalue weighted by Gasteiger charge is -2.39. The second kappa shape index (κ2) is 9.20. The number of ether oxygens (including phenoxy) is 1. The van der Waals surface area contributed by atoms with Gasteiger partial charge in [0.15, 0.2) is 0 Å². The second-order valence-electron chi connectivity index (χ2n) is 10.2. The van der Waals surface area contributed by atoms with Crippen LogP contribution in [0.25, 0.3) is 0 Å². The Kier molecular flexibility index (Phi) is 6.13. The first kappa shape index (κ1) is 22.0. The van der Waals surface area contributed by atoms with Crippen LogP contribution in [-0.4, -0.2) is 30.1 Å². The van der Waals surface area contributed by atoms with E-state index in [0.29, 0.717) is 11.5 Å². The summed E-state index contributed by atoms with van der Waals surface area (Å²) in [6.45, 7) is 0.962. The highest BCUT2D eigenvalue weighted by Gasteiger charge is 2.52. The molecular formula is C28H33NO4. The number of benzene rings is 2. The van der Waals surface area contributed by atoms with Crippen LogP contribution < -0.4 is 10.1 Å². The Morgan fingerprint density at radius 1 is 0.970 bits per heavy atom. The zero-order valence-corrected chi connectivity index (χ0v) is 19.1. The Balaban J connectivity index is 1.35. The fraction of sp³-hybridized carbons (Fsp3) is 0.500. The summed E-state index contributed by atoms with van der Waals surface area (Å²) in [5.74, 6) is 1.93. The largest absolute Gasteiger partial charge is 0.493 e. The molecular weight excluding hydrogens is 414 g/mol. The molecule has 174 valence electrons. The van der Waals surface area contributed by atoms with Crippen molar-refractivity contribution in [1.29, 1.82) is 0 Å². The number of carbonyl (C=O) groups is 2. The summed E-state index contributed by atoms with van der Waals surface area (Å²) >= 11 is 0. The van der Waals surface area contributed by atoms with Crippen molar-refractivity contribution >= 4 is 11.9 Å². The van der Waals surface area contributed by atoms with Crippen LogP contribution in [0.5, 0.6) is 5.75 Å². The molecule has 0 radical (unpaired) electrons. The van der Waals surface area contributed by atoms with E-state index in [9.17, 15) is 9.59 Å². The molecule has 5 rings (SSSR count). The number of aliphatic carboxylic acids is 1. The number of amides is 1. The molecule has 3 saturated carbocycles. The number of carboxylic acid groups (broad SMARTS) is 1. The van der Waals surface area contributed by atoms with Gasteiger partial charge in [-0.2, -0.15) is 0 Å². The molecule has 0 heterocycles. The molecule has 2 bridgehead atoms. The summed E-state index contributed by atoms with van der Waals surface area (Å²) in [6.07, 6.45) is 8.84. The third-order valence-electron chi connectivity index (χ3n) is 8.22. The van der Waals surface area contributed by atoms with Gasteiger partial charge in [-0.25, -0.2) is 0 Å². The molecule has 3 aliphatic carbocycles. The van der Waals surface area contributed by atoms with Crippen molar-refractivity contribution in [3.63, 3.8) is 0 Å². The van der Waals surface area contributed by atoms with Crippen LogP contribution in [0.2, 0.25) is 0 Å². The maximum Gasteiger partial charge on any atom is 0.305 e. The Labute approximate surface area is 195 Å². The first-order valence-corrected chi connectivity index (χ1v) is 12.4. The van der Waals surface area contributed by atoms with Crippen LogP contribution in [0.1, 0.15) is 72.9 Å². The summed E-state index contributed by atoms with van der Waals surface area (Å²) in [5, 5.41) is 11.5. The van der Waals surface area contributed by atoms with E-state index in [0.717, 1.165) is 30.6 Å². The van der Waals surface area contributed by atoms with Gasteiger partial charge in [0, 0.05) is 17.5 Å². The molecule has 0 aliphatic heterocycles. The summed E-state index contributed by atoms with van der Waals surface area (Å²) in [7, 11) is 0. The summed E-state index contributed by atoms with van der Waals surface area (Å²) < 4.78 is 6.04. The average molecular weight is 448 g/mol. The Bertz CT molecular complexity index is 996. The minimum Gasteiger partial charge on any atom is -0.493 e. The maximum atomic E-state index is 12.4. The van der Waals surface area contributed by atoms with Crippen molar-refractivity contribution in [3.8, 4) is 5.75 Å². The van der Waals surface area contributed by atoms with E-state index in [-0.39, 0.29) is 24.3 Å². The Morgan fingerprint density at radius 3 is 2.21 bits per heavy atom. The van der Waals surface area contributed by atoms with Gasteiger partial charge in [-0.1, -0.05) is 37.1 Å². The topological polar surface area (TPSA) is 75.6 Å². The average Bonchev–Trinajstić information content (AvgIpc) is 3.41. The number of fused-ring (bicyclic) bond motifs is 2. The van der Waals surface area contributed by atoms with Crippen molar-refractivity contribution in [1.82, 2.24) is 5.32 Å². The molecule has 2 aromatic carbocycles. The first-order valence-electron chi connectivity index (χ1n) is 12.4. The highest BCUT2D eigenvalue weighted by Crippen LogP contribution is 2.60. The fourth-order valence-electron chi connectivity index (χ4n) is 6.23. The molecule has 1 amide bonds. The molecule has 3 atom stereocenters. The summed E-state index contributed by atoms with van der Waals surface area (Å²) in [6, 6.07) is 16.7. The van der Waals surface area contributed by atoms with Crippen LogP contribution in [0.15, 0.2) is 48.5 Å². The van der Waals surface area contributed by atoms with E-state index in [4.69, 9.17) is 9.84 Å². The van der Waals surface area contributed by atoms with Crippen molar-refractivity contribution in [2.45, 2.75) is 56.8 Å². The molecule has 3 fully saturated rings. The number of nitrogens with one attached hydrogen (secondary N) is 1. The van der Waals surface area contributed by atoms with E-state index in [1.54, 1.807) is 0 Å². The Morgan fingerprint density at radius 2 is 1.67 bits per heavy atom. The highest BCUT2D eigenvalue weighted by atomic mass is 16.5. The third-order valence-corrected chi connectivity index (χ3v) is 8.22. The van der Waals surface area contributed by atoms with Gasteiger partial charge in [-0.3, -0.25) is 9.59 Å². The zero-order chi connectivity index (χ0) is 22.8. The molecule has 2 N–H and O–H groups in total. The molecule has 5 heteroatoms. The van der Waals surface area contributed by atoms with Gasteiger partial charge in [0.2, 0.25) is 0 Å². The molecule has 2 aromatic rings. The van der Waals surface area contributed by atoms with Crippen molar-refractivity contribution in [3.05, 3.63) is 65.2 Å². The summed E-state index contributed by atoms with van der Waals surface area (Å²) in [4.78, 5) is 23.1. The first-order chi connectivity index (χ1) is 16.0. The van der Waals surface area contributed by atoms with Gasteiger partial charge in [-0.15, -0.1) is 0 Å². The molecule has 5 nitrogen and oxygen atoms in total. The standard InChI is InChI=1S/C28H33NO4/c30-26(31)14-15-29-27(32)21-5-8-22(9-6-21)28(17-20-4-7-24(28)16-20)23-10-12-25(13-11-23)33-18-19-2-1-3-19/h5-6,8-13,19-20,24H,1-4,7,14-18H2,(H,29,32)(H,30,31). The summed E-state index contributed by atoms with van der Waals surface area (Å²) in [5.41, 5.74) is 3.19. The van der Waals surface area contributed by atoms with E-state index in [1.807, 2.05) is 12.1 Å². The lowest BCUT2D eigenvalue weighted by atomic mass is 9.64. The van der Waals surface area contributed by atoms with Gasteiger partial charge >= 0.3 is 5.97 Å². The minimum absolute atomic E-state index is 0.00622. The van der Waals surface area contributed by atoms with Crippen molar-refractivity contribution < 1.29 is 19.4 Å². The third kappa shape index (κ3) is 4.38. The van der Waals surface area contributed by atoms with Gasteiger partial charge in [0.1, 0.15) is 5.75 Å². The maximum absolute atomic E-state index is 12.4. The van der Waals surface area contributed by atoms with E-state index < -0.39 is 5.97 Å². The smallest absolute Gasteiger partial charge is 0.305 e. The number of carboxylic acids is 1. The van der Waals surface area contributed by atoms with E-state index >= 15 is 0 Å². The SMILES string of the molecule is O=C(O)CCNC(=O)c1ccc(C2(c3ccc(OCC4CCC4)cc3)CC3CCC2C3)cc1. The number of hydrogen-bond acceptors (Lipinski definition) is 3. The number of hydrogen-bond donors (Lipinski definition) is 2. The minimum atomic E-state index is -0.914. The van der Waals surface area contributed by atoms with Crippen molar-refractivity contribution in [2.75, 3.05) is 13.2 Å². The van der Waals surface area contributed by atoms with E-state index in [2.05, 4.69) is 41.7 Å². The van der Waals surface area contributed by atoms with Crippen LogP contribution in [0.4, 0.5) is 0 Å². The van der Waals surface area contributed by atoms with Gasteiger partial charge in [-0.05, 0) is 85.3 Å². The predicted molar refractivity (Wildman–Crippen MR) is 127 cm³/mol. The lowest BCUT2D eigenvalue weighted by molar-refractivity contribution is -0.136. The van der Waals surface area contributed by atoms with Crippen molar-refractivity contribution in [2.24, 2.45) is 17.8 Å². The van der Waals surface area contributed by atoms with E-state index in [1.165, 1.54) is 49.7 Å². The monoisotopic (exact) mass is 447 g/mol. The van der Waals surface area contributed by atoms with Gasteiger partial charge < -0.3 is 15.2 Å². The van der Waals surface area contributed by atoms with Gasteiger partial charge in [0.05, 0.1) is 13.0 Å². The normalized spacial score (nSPS) is 26.1. The van der Waals surface area contributed by atoms with Crippen LogP contribution in [0, 0.1) is 17.8 Å². The van der Waals surface area contributed by atoms with Crippen LogP contribution in [-0.2, 0) is 10.2 Å². The van der Waals surface area contributed by atoms with Crippen LogP contribution in [0.3, 0.4) is 0 Å². The quantitative estimate of drug-likeness (QED) is 0.556. The lowest BCUT2D eigenvalue weighted by Crippen LogP contribution is -2.34. The van der Waals surface area contributed by atoms with Crippen LogP contribution >= 0.6 is 0 Å². The number of carbonyl (C=O) groups excluding carboxylic acids is 1. The number of rotatable bonds is 9.